The molecule has 0 fully saturated rings. The average Bonchev–Trinajstić information content (AvgIpc) is 2.65. The fourth-order valence-electron chi connectivity index (χ4n) is 2.10. The van der Waals surface area contributed by atoms with Gasteiger partial charge >= 0.3 is 5.97 Å². The lowest BCUT2D eigenvalue weighted by Crippen LogP contribution is -2.38. The number of nitrogens with zero attached hydrogens (tertiary/aromatic N) is 2. The van der Waals surface area contributed by atoms with E-state index >= 15 is 0 Å². The molecular weight excluding hydrogens is 553 g/mol. The number of rotatable bonds is 6. The van der Waals surface area contributed by atoms with E-state index in [0.29, 0.717) is 25.6 Å². The van der Waals surface area contributed by atoms with Crippen molar-refractivity contribution in [3.63, 3.8) is 0 Å². The van der Waals surface area contributed by atoms with Gasteiger partial charge in [-0.3, -0.25) is 4.79 Å². The second kappa shape index (κ2) is 12.4. The molecule has 1 atom stereocenters. The van der Waals surface area contributed by atoms with Crippen molar-refractivity contribution in [3.05, 3.63) is 54.9 Å². The summed E-state index contributed by atoms with van der Waals surface area (Å²) >= 11 is 17.6. The van der Waals surface area contributed by atoms with Crippen LogP contribution in [0.1, 0.15) is 41.0 Å². The van der Waals surface area contributed by atoms with Crippen LogP contribution in [0, 0.1) is 5.92 Å². The zero-order valence-corrected chi connectivity index (χ0v) is 20.2. The van der Waals surface area contributed by atoms with Crippen LogP contribution in [0.5, 0.6) is 0 Å². The van der Waals surface area contributed by atoms with Gasteiger partial charge in [-0.25, -0.2) is 14.8 Å². The zero-order chi connectivity index (χ0) is 22.1. The first-order valence-electron chi connectivity index (χ1n) is 8.32. The number of hydrogen-bond donors (Lipinski definition) is 3. The predicted molar refractivity (Wildman–Crippen MR) is 119 cm³/mol. The third kappa shape index (κ3) is 8.96. The highest BCUT2D eigenvalue weighted by Gasteiger charge is 2.15. The summed E-state index contributed by atoms with van der Waals surface area (Å²) in [7, 11) is 0. The summed E-state index contributed by atoms with van der Waals surface area (Å²) in [6.07, 6.45) is 3.34. The highest BCUT2D eigenvalue weighted by atomic mass is 79.9. The van der Waals surface area contributed by atoms with Gasteiger partial charge in [-0.1, -0.05) is 37.0 Å². The van der Waals surface area contributed by atoms with Crippen LogP contribution in [0.15, 0.2) is 33.5 Å². The number of hydrogen-bond acceptors (Lipinski definition) is 5. The Morgan fingerprint density at radius 2 is 1.55 bits per heavy atom. The van der Waals surface area contributed by atoms with Crippen LogP contribution in [0.25, 0.3) is 0 Å². The quantitative estimate of drug-likeness (QED) is 0.428. The van der Waals surface area contributed by atoms with E-state index in [1.54, 1.807) is 6.07 Å². The van der Waals surface area contributed by atoms with Crippen molar-refractivity contribution in [3.8, 4) is 0 Å². The largest absolute Gasteiger partial charge is 0.478 e. The Labute approximate surface area is 195 Å². The summed E-state index contributed by atoms with van der Waals surface area (Å²) in [5.74, 6) is -0.882. The van der Waals surface area contributed by atoms with Crippen molar-refractivity contribution < 1.29 is 19.8 Å². The SMILES string of the molecule is CC(C)C[C@H](CO)NC(=O)c1cnc(Cl)c(Br)c1.O=C(O)c1cnc(Cl)c(Br)c1. The Balaban J connectivity index is 0.000000326. The fourth-order valence-corrected chi connectivity index (χ4v) is 3.01. The van der Waals surface area contributed by atoms with E-state index in [0.717, 1.165) is 6.42 Å². The molecule has 7 nitrogen and oxygen atoms in total. The normalized spacial score (nSPS) is 11.4. The number of carbonyl (C=O) groups is 2. The monoisotopic (exact) mass is 569 g/mol. The van der Waals surface area contributed by atoms with Gasteiger partial charge in [-0.2, -0.15) is 0 Å². The molecule has 29 heavy (non-hydrogen) atoms. The van der Waals surface area contributed by atoms with Gasteiger partial charge in [-0.15, -0.1) is 0 Å². The van der Waals surface area contributed by atoms with E-state index in [1.807, 2.05) is 13.8 Å². The summed E-state index contributed by atoms with van der Waals surface area (Å²) < 4.78 is 1.06. The van der Waals surface area contributed by atoms with E-state index in [1.165, 1.54) is 18.5 Å². The summed E-state index contributed by atoms with van der Waals surface area (Å²) in [6, 6.07) is 2.76. The fraction of sp³-hybridized carbons (Fsp3) is 0.333. The van der Waals surface area contributed by atoms with Crippen molar-refractivity contribution in [2.24, 2.45) is 5.92 Å². The molecule has 3 N–H and O–H groups in total. The molecule has 158 valence electrons. The maximum atomic E-state index is 11.9. The van der Waals surface area contributed by atoms with Gasteiger partial charge < -0.3 is 15.5 Å². The number of amides is 1. The number of aliphatic hydroxyl groups excluding tert-OH is 1. The van der Waals surface area contributed by atoms with Gasteiger partial charge in [0.2, 0.25) is 0 Å². The van der Waals surface area contributed by atoms with Crippen LogP contribution >= 0.6 is 55.1 Å². The molecule has 0 radical (unpaired) electrons. The minimum Gasteiger partial charge on any atom is -0.478 e. The van der Waals surface area contributed by atoms with Crippen LogP contribution in [0.2, 0.25) is 10.3 Å². The molecule has 0 aliphatic heterocycles. The highest BCUT2D eigenvalue weighted by molar-refractivity contribution is 9.10. The van der Waals surface area contributed by atoms with E-state index in [9.17, 15) is 14.7 Å². The molecule has 0 spiro atoms. The molecular formula is C18H19Br2Cl2N3O4. The summed E-state index contributed by atoms with van der Waals surface area (Å²) in [6.45, 7) is 4.00. The first-order valence-corrected chi connectivity index (χ1v) is 10.7. The standard InChI is InChI=1S/C12H16BrClN2O2.C6H3BrClNO2/c1-7(2)3-9(6-17)16-12(18)8-4-10(13)11(14)15-5-8;7-4-1-3(6(10)11)2-9-5(4)8/h4-5,7,9,17H,3,6H2,1-2H3,(H,16,18);1-2H,(H,10,11)/t9-;/m1./s1. The minimum atomic E-state index is -1.02. The second-order valence-corrected chi connectivity index (χ2v) is 8.71. The van der Waals surface area contributed by atoms with Gasteiger partial charge in [0.1, 0.15) is 10.3 Å². The number of halogens is 4. The smallest absolute Gasteiger partial charge is 0.337 e. The number of aromatic carboxylic acids is 1. The number of nitrogens with one attached hydrogen (secondary N) is 1. The van der Waals surface area contributed by atoms with Crippen molar-refractivity contribution in [1.29, 1.82) is 0 Å². The zero-order valence-electron chi connectivity index (χ0n) is 15.5. The van der Waals surface area contributed by atoms with E-state index in [2.05, 4.69) is 47.1 Å². The van der Waals surface area contributed by atoms with Crippen LogP contribution in [-0.2, 0) is 0 Å². The van der Waals surface area contributed by atoms with E-state index < -0.39 is 5.97 Å². The first kappa shape index (κ1) is 25.8. The second-order valence-electron chi connectivity index (χ2n) is 6.28. The summed E-state index contributed by atoms with van der Waals surface area (Å²) in [5, 5.41) is 21.0. The summed E-state index contributed by atoms with van der Waals surface area (Å²) in [4.78, 5) is 29.8. The number of aliphatic hydroxyl groups is 1. The van der Waals surface area contributed by atoms with Gasteiger partial charge in [0.05, 0.1) is 32.7 Å². The first-order chi connectivity index (χ1) is 13.5. The number of carboxylic acids is 1. The highest BCUT2D eigenvalue weighted by Crippen LogP contribution is 2.21. The van der Waals surface area contributed by atoms with Crippen molar-refractivity contribution in [1.82, 2.24) is 15.3 Å². The van der Waals surface area contributed by atoms with Crippen molar-refractivity contribution >= 4 is 66.9 Å². The Bertz CT molecular complexity index is 869. The Morgan fingerprint density at radius 1 is 1.07 bits per heavy atom. The van der Waals surface area contributed by atoms with Crippen LogP contribution in [0.4, 0.5) is 0 Å². The molecule has 2 heterocycles. The van der Waals surface area contributed by atoms with Crippen molar-refractivity contribution in [2.45, 2.75) is 26.3 Å². The molecule has 0 saturated heterocycles. The number of pyridine rings is 2. The van der Waals surface area contributed by atoms with Gasteiger partial charge in [-0.05, 0) is 56.3 Å². The van der Waals surface area contributed by atoms with E-state index in [4.69, 9.17) is 28.3 Å². The van der Waals surface area contributed by atoms with Crippen LogP contribution < -0.4 is 5.32 Å². The Kier molecular flexibility index (Phi) is 11.1. The van der Waals surface area contributed by atoms with Gasteiger partial charge in [0.15, 0.2) is 0 Å². The van der Waals surface area contributed by atoms with Gasteiger partial charge in [0, 0.05) is 12.4 Å². The van der Waals surface area contributed by atoms with E-state index in [-0.39, 0.29) is 29.3 Å². The predicted octanol–water partition coefficient (Wildman–Crippen LogP) is 4.83. The number of carbonyl (C=O) groups excluding carboxylic acids is 1. The average molecular weight is 572 g/mol. The maximum absolute atomic E-state index is 11.9. The van der Waals surface area contributed by atoms with Gasteiger partial charge in [0.25, 0.3) is 5.91 Å². The maximum Gasteiger partial charge on any atom is 0.337 e. The third-order valence-electron chi connectivity index (χ3n) is 3.41. The van der Waals surface area contributed by atoms with Crippen LogP contribution in [-0.4, -0.2) is 44.7 Å². The topological polar surface area (TPSA) is 112 Å². The van der Waals surface area contributed by atoms with Crippen molar-refractivity contribution in [2.75, 3.05) is 6.61 Å². The number of carboxylic acid groups (broad SMARTS) is 1. The lowest BCUT2D eigenvalue weighted by Gasteiger charge is -2.18. The molecule has 2 aromatic rings. The molecule has 2 aromatic heterocycles. The van der Waals surface area contributed by atoms with Crippen LogP contribution in [0.3, 0.4) is 0 Å². The molecule has 1 amide bonds. The molecule has 11 heteroatoms. The summed E-state index contributed by atoms with van der Waals surface area (Å²) in [5.41, 5.74) is 0.523. The molecule has 0 unspecified atom stereocenters. The molecule has 2 rings (SSSR count). The molecule has 0 aliphatic carbocycles. The molecule has 0 bridgehead atoms. The lowest BCUT2D eigenvalue weighted by atomic mass is 10.0. The number of aromatic nitrogens is 2. The minimum absolute atomic E-state index is 0.0773. The lowest BCUT2D eigenvalue weighted by molar-refractivity contribution is 0.0696. The Morgan fingerprint density at radius 3 is 1.97 bits per heavy atom. The molecule has 0 aromatic carbocycles. The molecule has 0 saturated carbocycles. The third-order valence-corrected chi connectivity index (χ3v) is 5.68. The molecule has 0 aliphatic rings. The Hall–Kier alpha value is -1.26.